The van der Waals surface area contributed by atoms with Gasteiger partial charge in [0.2, 0.25) is 0 Å². The summed E-state index contributed by atoms with van der Waals surface area (Å²) in [5.74, 6) is -0.883. The van der Waals surface area contributed by atoms with Crippen LogP contribution in [-0.2, 0) is 28.6 Å². The van der Waals surface area contributed by atoms with Crippen molar-refractivity contribution in [2.45, 2.75) is 284 Å². The van der Waals surface area contributed by atoms with Crippen LogP contribution in [0.1, 0.15) is 278 Å². The van der Waals surface area contributed by atoms with Crippen molar-refractivity contribution in [2.24, 2.45) is 0 Å². The molecule has 6 nitrogen and oxygen atoms in total. The normalized spacial score (nSPS) is 12.1. The zero-order valence-electron chi connectivity index (χ0n) is 39.5. The van der Waals surface area contributed by atoms with Gasteiger partial charge in [-0.25, -0.2) is 0 Å². The molecule has 6 heteroatoms. The van der Waals surface area contributed by atoms with Gasteiger partial charge in [0.1, 0.15) is 13.2 Å². The molecule has 0 aromatic rings. The van der Waals surface area contributed by atoms with Gasteiger partial charge in [-0.05, 0) is 70.6 Å². The summed E-state index contributed by atoms with van der Waals surface area (Å²) in [6, 6.07) is 0. The van der Waals surface area contributed by atoms with E-state index in [1.54, 1.807) is 0 Å². The fraction of sp³-hybridized carbons (Fsp3) is 0.868. The van der Waals surface area contributed by atoms with Crippen LogP contribution in [0.25, 0.3) is 0 Å². The smallest absolute Gasteiger partial charge is 0.306 e. The molecule has 0 aliphatic heterocycles. The zero-order valence-corrected chi connectivity index (χ0v) is 39.5. The highest BCUT2D eigenvalue weighted by Gasteiger charge is 2.19. The molecule has 346 valence electrons. The van der Waals surface area contributed by atoms with Crippen LogP contribution in [-0.4, -0.2) is 37.2 Å². The lowest BCUT2D eigenvalue weighted by Gasteiger charge is -2.18. The summed E-state index contributed by atoms with van der Waals surface area (Å²) in [5, 5.41) is 0. The molecular weight excluding hydrogens is 733 g/mol. The fourth-order valence-corrected chi connectivity index (χ4v) is 7.49. The number of rotatable bonds is 47. The van der Waals surface area contributed by atoms with Crippen LogP contribution >= 0.6 is 0 Å². The number of hydrogen-bond acceptors (Lipinski definition) is 6. The van der Waals surface area contributed by atoms with Crippen molar-refractivity contribution < 1.29 is 28.6 Å². The van der Waals surface area contributed by atoms with Crippen molar-refractivity contribution in [3.8, 4) is 0 Å². The highest BCUT2D eigenvalue weighted by atomic mass is 16.6. The minimum absolute atomic E-state index is 0.0742. The Morgan fingerprint density at radius 2 is 0.559 bits per heavy atom. The predicted octanol–water partition coefficient (Wildman–Crippen LogP) is 16.8. The summed E-state index contributed by atoms with van der Waals surface area (Å²) >= 11 is 0. The van der Waals surface area contributed by atoms with Crippen molar-refractivity contribution in [1.82, 2.24) is 0 Å². The van der Waals surface area contributed by atoms with Gasteiger partial charge in [-0.1, -0.05) is 212 Å². The molecule has 0 saturated heterocycles. The molecule has 0 aromatic carbocycles. The average Bonchev–Trinajstić information content (AvgIpc) is 3.23. The van der Waals surface area contributed by atoms with E-state index >= 15 is 0 Å². The van der Waals surface area contributed by atoms with E-state index in [-0.39, 0.29) is 31.1 Å². The molecule has 0 aliphatic carbocycles. The highest BCUT2D eigenvalue weighted by Crippen LogP contribution is 2.15. The third-order valence-corrected chi connectivity index (χ3v) is 11.4. The van der Waals surface area contributed by atoms with Gasteiger partial charge in [0, 0.05) is 19.3 Å². The van der Waals surface area contributed by atoms with Gasteiger partial charge in [-0.15, -0.1) is 0 Å². The first-order chi connectivity index (χ1) is 29.0. The summed E-state index contributed by atoms with van der Waals surface area (Å²) in [6.07, 6.45) is 54.5. The summed E-state index contributed by atoms with van der Waals surface area (Å²) in [6.45, 7) is 6.62. The van der Waals surface area contributed by atoms with Crippen LogP contribution in [0.3, 0.4) is 0 Å². The summed E-state index contributed by atoms with van der Waals surface area (Å²) in [4.78, 5) is 37.9. The number of carbonyl (C=O) groups excluding carboxylic acids is 3. The first kappa shape index (κ1) is 56.9. The highest BCUT2D eigenvalue weighted by molar-refractivity contribution is 5.71. The molecule has 0 aliphatic rings. The number of esters is 3. The van der Waals surface area contributed by atoms with E-state index < -0.39 is 6.10 Å². The van der Waals surface area contributed by atoms with Gasteiger partial charge in [0.15, 0.2) is 6.10 Å². The Hall–Kier alpha value is -2.11. The third-order valence-electron chi connectivity index (χ3n) is 11.4. The van der Waals surface area contributed by atoms with E-state index in [1.165, 1.54) is 167 Å². The molecule has 0 unspecified atom stereocenters. The van der Waals surface area contributed by atoms with E-state index in [9.17, 15) is 14.4 Å². The second-order valence-electron chi connectivity index (χ2n) is 17.4. The van der Waals surface area contributed by atoms with Crippen molar-refractivity contribution in [1.29, 1.82) is 0 Å². The van der Waals surface area contributed by atoms with Gasteiger partial charge in [-0.2, -0.15) is 0 Å². The number of unbranched alkanes of at least 4 members (excludes halogenated alkanes) is 32. The van der Waals surface area contributed by atoms with Crippen molar-refractivity contribution in [3.63, 3.8) is 0 Å². The van der Waals surface area contributed by atoms with Crippen molar-refractivity contribution in [2.75, 3.05) is 13.2 Å². The Labute approximate surface area is 366 Å². The lowest BCUT2D eigenvalue weighted by atomic mass is 10.1. The summed E-state index contributed by atoms with van der Waals surface area (Å²) in [7, 11) is 0. The van der Waals surface area contributed by atoms with E-state index in [4.69, 9.17) is 14.2 Å². The topological polar surface area (TPSA) is 78.9 Å². The minimum atomic E-state index is -0.773. The Morgan fingerprint density at radius 3 is 0.847 bits per heavy atom. The molecule has 1 atom stereocenters. The van der Waals surface area contributed by atoms with Gasteiger partial charge >= 0.3 is 17.9 Å². The molecule has 0 saturated carbocycles. The Balaban J connectivity index is 4.32. The predicted molar refractivity (Wildman–Crippen MR) is 252 cm³/mol. The van der Waals surface area contributed by atoms with Gasteiger partial charge in [-0.3, -0.25) is 14.4 Å². The van der Waals surface area contributed by atoms with E-state index in [2.05, 4.69) is 45.1 Å². The molecular formula is C53H98O6. The molecule has 0 spiro atoms. The maximum Gasteiger partial charge on any atom is 0.306 e. The molecule has 0 aromatic heterocycles. The number of hydrogen-bond donors (Lipinski definition) is 0. The number of ether oxygens (including phenoxy) is 3. The third kappa shape index (κ3) is 46.8. The maximum atomic E-state index is 12.8. The second kappa shape index (κ2) is 48.6. The Bertz CT molecular complexity index is 958. The zero-order chi connectivity index (χ0) is 43.0. The van der Waals surface area contributed by atoms with Crippen molar-refractivity contribution in [3.05, 3.63) is 24.3 Å². The Morgan fingerprint density at radius 1 is 0.322 bits per heavy atom. The number of carbonyl (C=O) groups is 3. The van der Waals surface area contributed by atoms with Crippen LogP contribution < -0.4 is 0 Å². The molecule has 0 N–H and O–H groups in total. The Kier molecular flexibility index (Phi) is 46.8. The van der Waals surface area contributed by atoms with Crippen LogP contribution in [0, 0.1) is 0 Å². The van der Waals surface area contributed by atoms with Gasteiger partial charge < -0.3 is 14.2 Å². The van der Waals surface area contributed by atoms with Crippen LogP contribution in [0.15, 0.2) is 24.3 Å². The first-order valence-electron chi connectivity index (χ1n) is 25.8. The molecule has 0 fully saturated rings. The molecule has 59 heavy (non-hydrogen) atoms. The van der Waals surface area contributed by atoms with E-state index in [0.717, 1.165) is 70.6 Å². The van der Waals surface area contributed by atoms with Crippen molar-refractivity contribution >= 4 is 17.9 Å². The summed E-state index contributed by atoms with van der Waals surface area (Å²) in [5.41, 5.74) is 0. The average molecular weight is 831 g/mol. The fourth-order valence-electron chi connectivity index (χ4n) is 7.49. The van der Waals surface area contributed by atoms with E-state index in [0.29, 0.717) is 19.3 Å². The lowest BCUT2D eigenvalue weighted by Crippen LogP contribution is -2.30. The minimum Gasteiger partial charge on any atom is -0.462 e. The standard InChI is InChI=1S/C53H98O6/c1-4-7-10-13-16-19-21-23-25-27-29-31-34-37-40-43-46-52(55)58-49-50(48-57-51(54)45-42-39-36-33-18-15-12-9-6-3)59-53(56)47-44-41-38-35-32-30-28-26-24-22-20-17-14-11-8-5-2/h25-28,50H,4-24,29-49H2,1-3H3/b27-25-,28-26-/t50-/m1/s1. The molecule has 0 bridgehead atoms. The second-order valence-corrected chi connectivity index (χ2v) is 17.4. The van der Waals surface area contributed by atoms with Crippen LogP contribution in [0.5, 0.6) is 0 Å². The van der Waals surface area contributed by atoms with Crippen LogP contribution in [0.4, 0.5) is 0 Å². The summed E-state index contributed by atoms with van der Waals surface area (Å²) < 4.78 is 16.8. The largest absolute Gasteiger partial charge is 0.462 e. The first-order valence-corrected chi connectivity index (χ1v) is 25.8. The van der Waals surface area contributed by atoms with Crippen LogP contribution in [0.2, 0.25) is 0 Å². The quantitative estimate of drug-likeness (QED) is 0.0263. The lowest BCUT2D eigenvalue weighted by molar-refractivity contribution is -0.167. The SMILES string of the molecule is CCCCCCCCC/C=C\CCCCCCCC(=O)OC[C@@H](COC(=O)CCCCCCCCCCC)OC(=O)CCCCCCC/C=C\CCCCCCCCC. The number of allylic oxidation sites excluding steroid dienone is 4. The van der Waals surface area contributed by atoms with Gasteiger partial charge in [0.25, 0.3) is 0 Å². The van der Waals surface area contributed by atoms with Gasteiger partial charge in [0.05, 0.1) is 0 Å². The molecule has 0 radical (unpaired) electrons. The van der Waals surface area contributed by atoms with E-state index in [1.807, 2.05) is 0 Å². The molecule has 0 heterocycles. The maximum absolute atomic E-state index is 12.8. The molecule has 0 rings (SSSR count). The monoisotopic (exact) mass is 831 g/mol. The molecule has 0 amide bonds.